The predicted octanol–water partition coefficient (Wildman–Crippen LogP) is 5.45. The average Bonchev–Trinajstić information content (AvgIpc) is 3.29. The van der Waals surface area contributed by atoms with Crippen molar-refractivity contribution in [1.82, 2.24) is 9.55 Å². The van der Waals surface area contributed by atoms with Crippen LogP contribution in [-0.2, 0) is 6.54 Å². The van der Waals surface area contributed by atoms with E-state index in [1.54, 1.807) is 43.5 Å². The van der Waals surface area contributed by atoms with E-state index in [1.165, 1.54) is 22.2 Å². The lowest BCUT2D eigenvalue weighted by molar-refractivity contribution is -0.141. The molecular weight excluding hydrogens is 363 g/mol. The van der Waals surface area contributed by atoms with Gasteiger partial charge in [0, 0.05) is 28.4 Å². The molecule has 0 aromatic carbocycles. The quantitative estimate of drug-likeness (QED) is 0.568. The number of aryl methyl sites for hydroxylation is 1. The number of hydrogen-bond acceptors (Lipinski definition) is 4. The molecule has 0 amide bonds. The Morgan fingerprint density at radius 3 is 2.81 bits per heavy atom. The van der Waals surface area contributed by atoms with Crippen LogP contribution in [0.3, 0.4) is 0 Å². The molecule has 0 N–H and O–H groups in total. The zero-order valence-electron chi connectivity index (χ0n) is 14.0. The van der Waals surface area contributed by atoms with Crippen molar-refractivity contribution in [2.45, 2.75) is 26.6 Å². The number of thiazole rings is 1. The molecule has 0 aliphatic carbocycles. The van der Waals surface area contributed by atoms with E-state index in [2.05, 4.69) is 11.1 Å². The van der Waals surface area contributed by atoms with Crippen LogP contribution in [0, 0.1) is 25.2 Å². The van der Waals surface area contributed by atoms with Crippen molar-refractivity contribution in [2.24, 2.45) is 0 Å². The van der Waals surface area contributed by atoms with E-state index in [1.807, 2.05) is 0 Å². The topological polar surface area (TPSA) is 54.8 Å². The van der Waals surface area contributed by atoms with Crippen molar-refractivity contribution in [2.75, 3.05) is 0 Å². The van der Waals surface area contributed by atoms with E-state index < -0.39 is 12.7 Å². The fourth-order valence-corrected chi connectivity index (χ4v) is 3.45. The van der Waals surface area contributed by atoms with Crippen molar-refractivity contribution >= 4 is 23.0 Å². The molecule has 0 radical (unpaired) electrons. The van der Waals surface area contributed by atoms with Crippen molar-refractivity contribution in [3.8, 4) is 17.3 Å². The Labute approximate surface area is 151 Å². The number of furan rings is 1. The van der Waals surface area contributed by atoms with Crippen LogP contribution in [0.2, 0.25) is 0 Å². The zero-order chi connectivity index (χ0) is 18.9. The fraction of sp³-hybridized carbons (Fsp3) is 0.222. The van der Waals surface area contributed by atoms with Crippen molar-refractivity contribution in [1.29, 1.82) is 5.26 Å². The van der Waals surface area contributed by atoms with Crippen LogP contribution in [0.4, 0.5) is 13.2 Å². The molecule has 0 spiro atoms. The molecule has 3 aromatic rings. The first-order chi connectivity index (χ1) is 12.3. The lowest BCUT2D eigenvalue weighted by Gasteiger charge is -2.12. The molecule has 0 aliphatic rings. The van der Waals surface area contributed by atoms with Crippen LogP contribution in [0.5, 0.6) is 0 Å². The van der Waals surface area contributed by atoms with Gasteiger partial charge in [0.15, 0.2) is 0 Å². The van der Waals surface area contributed by atoms with E-state index in [9.17, 15) is 18.4 Å². The first-order valence-corrected chi connectivity index (χ1v) is 8.51. The Kier molecular flexibility index (Phi) is 4.74. The van der Waals surface area contributed by atoms with E-state index in [4.69, 9.17) is 4.42 Å². The van der Waals surface area contributed by atoms with Gasteiger partial charge in [0.2, 0.25) is 0 Å². The molecule has 3 aromatic heterocycles. The summed E-state index contributed by atoms with van der Waals surface area (Å²) >= 11 is 1.26. The number of halogens is 3. The first-order valence-electron chi connectivity index (χ1n) is 7.63. The average molecular weight is 377 g/mol. The highest BCUT2D eigenvalue weighted by molar-refractivity contribution is 7.11. The maximum atomic E-state index is 12.8. The second kappa shape index (κ2) is 6.84. The SMILES string of the molecule is Cc1cc(-c2csc(/C(C#N)=C/c3ccco3)n2)c(C)n1CC(F)(F)F. The number of nitrogens with zero attached hydrogens (tertiary/aromatic N) is 3. The van der Waals surface area contributed by atoms with Crippen LogP contribution in [0.25, 0.3) is 22.9 Å². The van der Waals surface area contributed by atoms with Crippen LogP contribution in [0.1, 0.15) is 22.2 Å². The predicted molar refractivity (Wildman–Crippen MR) is 93.3 cm³/mol. The number of rotatable bonds is 4. The molecule has 0 atom stereocenters. The van der Waals surface area contributed by atoms with Gasteiger partial charge in [-0.1, -0.05) is 0 Å². The molecule has 3 heterocycles. The second-order valence-corrected chi connectivity index (χ2v) is 6.57. The number of nitriles is 1. The summed E-state index contributed by atoms with van der Waals surface area (Å²) in [5, 5.41) is 11.6. The van der Waals surface area contributed by atoms with Crippen molar-refractivity contribution in [3.63, 3.8) is 0 Å². The van der Waals surface area contributed by atoms with Crippen molar-refractivity contribution < 1.29 is 17.6 Å². The van der Waals surface area contributed by atoms with Gasteiger partial charge in [-0.25, -0.2) is 4.98 Å². The molecule has 0 saturated heterocycles. The minimum atomic E-state index is -4.29. The summed E-state index contributed by atoms with van der Waals surface area (Å²) in [7, 11) is 0. The summed E-state index contributed by atoms with van der Waals surface area (Å²) in [5.41, 5.74) is 2.51. The second-order valence-electron chi connectivity index (χ2n) is 5.71. The van der Waals surface area contributed by atoms with Crippen LogP contribution < -0.4 is 0 Å². The summed E-state index contributed by atoms with van der Waals surface area (Å²) in [6.45, 7) is 2.23. The lowest BCUT2D eigenvalue weighted by Crippen LogP contribution is -2.19. The molecule has 8 heteroatoms. The highest BCUT2D eigenvalue weighted by atomic mass is 32.1. The number of aromatic nitrogens is 2. The normalized spacial score (nSPS) is 12.4. The third kappa shape index (κ3) is 3.73. The summed E-state index contributed by atoms with van der Waals surface area (Å²) in [6.07, 6.45) is -1.21. The summed E-state index contributed by atoms with van der Waals surface area (Å²) < 4.78 is 44.7. The van der Waals surface area contributed by atoms with E-state index >= 15 is 0 Å². The Hall–Kier alpha value is -2.79. The van der Waals surface area contributed by atoms with Gasteiger partial charge in [-0.05, 0) is 32.0 Å². The molecule has 0 aliphatic heterocycles. The zero-order valence-corrected chi connectivity index (χ0v) is 14.8. The monoisotopic (exact) mass is 377 g/mol. The minimum absolute atomic E-state index is 0.334. The van der Waals surface area contributed by atoms with Gasteiger partial charge in [-0.15, -0.1) is 11.3 Å². The van der Waals surface area contributed by atoms with Gasteiger partial charge in [0.05, 0.1) is 17.5 Å². The van der Waals surface area contributed by atoms with Crippen molar-refractivity contribution in [3.05, 3.63) is 52.0 Å². The third-order valence-corrected chi connectivity index (χ3v) is 4.75. The maximum Gasteiger partial charge on any atom is 0.406 e. The molecule has 0 fully saturated rings. The molecule has 134 valence electrons. The first kappa shape index (κ1) is 18.0. The summed E-state index contributed by atoms with van der Waals surface area (Å²) in [6, 6.07) is 7.19. The molecule has 0 saturated carbocycles. The molecule has 26 heavy (non-hydrogen) atoms. The Morgan fingerprint density at radius 2 is 2.19 bits per heavy atom. The standard InChI is InChI=1S/C18H14F3N3OS/c1-11-6-15(12(2)24(11)10-18(19,20)21)16-9-26-17(23-16)13(8-22)7-14-4-3-5-25-14/h3-7,9H,10H2,1-2H3/b13-7+. The highest BCUT2D eigenvalue weighted by Crippen LogP contribution is 2.32. The summed E-state index contributed by atoms with van der Waals surface area (Å²) in [5.74, 6) is 0.529. The van der Waals surface area contributed by atoms with Gasteiger partial charge in [0.1, 0.15) is 23.4 Å². The molecule has 3 rings (SSSR count). The van der Waals surface area contributed by atoms with E-state index in [0.29, 0.717) is 39.0 Å². The van der Waals surface area contributed by atoms with Gasteiger partial charge in [0.25, 0.3) is 0 Å². The Balaban J connectivity index is 1.96. The smallest absolute Gasteiger partial charge is 0.406 e. The van der Waals surface area contributed by atoms with Gasteiger partial charge in [-0.2, -0.15) is 18.4 Å². The third-order valence-electron chi connectivity index (χ3n) is 3.87. The van der Waals surface area contributed by atoms with Crippen LogP contribution in [-0.4, -0.2) is 15.7 Å². The minimum Gasteiger partial charge on any atom is -0.465 e. The molecular formula is C18H14F3N3OS. The lowest BCUT2D eigenvalue weighted by atomic mass is 10.2. The Morgan fingerprint density at radius 1 is 1.42 bits per heavy atom. The van der Waals surface area contributed by atoms with Gasteiger partial charge >= 0.3 is 6.18 Å². The molecule has 0 unspecified atom stereocenters. The maximum absolute atomic E-state index is 12.8. The molecule has 0 bridgehead atoms. The Bertz CT molecular complexity index is 988. The van der Waals surface area contributed by atoms with Crippen LogP contribution >= 0.6 is 11.3 Å². The number of alkyl halides is 3. The number of hydrogen-bond donors (Lipinski definition) is 0. The highest BCUT2D eigenvalue weighted by Gasteiger charge is 2.30. The largest absolute Gasteiger partial charge is 0.465 e. The number of allylic oxidation sites excluding steroid dienone is 1. The fourth-order valence-electron chi connectivity index (χ4n) is 2.66. The van der Waals surface area contributed by atoms with E-state index in [0.717, 1.165) is 0 Å². The summed E-state index contributed by atoms with van der Waals surface area (Å²) in [4.78, 5) is 4.44. The van der Waals surface area contributed by atoms with Gasteiger partial charge in [-0.3, -0.25) is 0 Å². The van der Waals surface area contributed by atoms with Gasteiger partial charge < -0.3 is 8.98 Å². The van der Waals surface area contributed by atoms with E-state index in [-0.39, 0.29) is 0 Å². The molecule has 4 nitrogen and oxygen atoms in total. The van der Waals surface area contributed by atoms with Crippen LogP contribution in [0.15, 0.2) is 34.3 Å².